The summed E-state index contributed by atoms with van der Waals surface area (Å²) in [6, 6.07) is 11.4. The normalized spacial score (nSPS) is 21.4. The largest absolute Gasteiger partial charge is 0.371 e. The Kier molecular flexibility index (Phi) is 7.02. The Morgan fingerprint density at radius 2 is 1.83 bits per heavy atom. The third-order valence-corrected chi connectivity index (χ3v) is 8.69. The van der Waals surface area contributed by atoms with Crippen LogP contribution in [0.2, 0.25) is 10.0 Å². The van der Waals surface area contributed by atoms with Crippen LogP contribution in [-0.4, -0.2) is 56.5 Å². The molecule has 0 aliphatic carbocycles. The molecule has 2 fully saturated rings. The number of hydrogen-bond donors (Lipinski definition) is 1. The van der Waals surface area contributed by atoms with E-state index in [2.05, 4.69) is 14.6 Å². The van der Waals surface area contributed by atoms with Crippen LogP contribution in [0.3, 0.4) is 0 Å². The van der Waals surface area contributed by atoms with Crippen molar-refractivity contribution in [1.82, 2.24) is 9.88 Å². The number of rotatable bonds is 6. The van der Waals surface area contributed by atoms with Crippen molar-refractivity contribution in [2.45, 2.75) is 23.5 Å². The van der Waals surface area contributed by atoms with Gasteiger partial charge in [-0.25, -0.2) is 13.4 Å². The minimum absolute atomic E-state index is 0.00806. The summed E-state index contributed by atoms with van der Waals surface area (Å²) >= 11 is 13.5. The van der Waals surface area contributed by atoms with E-state index in [1.807, 2.05) is 12.1 Å². The van der Waals surface area contributed by atoms with Crippen molar-refractivity contribution in [3.63, 3.8) is 0 Å². The molecule has 8 nitrogen and oxygen atoms in total. The molecule has 0 radical (unpaired) electrons. The van der Waals surface area contributed by atoms with Crippen molar-refractivity contribution in [3.05, 3.63) is 69.7 Å². The number of amides is 1. The highest BCUT2D eigenvalue weighted by Crippen LogP contribution is 2.32. The van der Waals surface area contributed by atoms with E-state index in [1.165, 1.54) is 29.7 Å². The van der Waals surface area contributed by atoms with E-state index in [-0.39, 0.29) is 22.9 Å². The van der Waals surface area contributed by atoms with Crippen LogP contribution in [0.1, 0.15) is 18.1 Å². The first-order valence-corrected chi connectivity index (χ1v) is 14.1. The van der Waals surface area contributed by atoms with Gasteiger partial charge in [0, 0.05) is 46.9 Å². The average molecular weight is 553 g/mol. The molecule has 3 aromatic rings. The van der Waals surface area contributed by atoms with Crippen LogP contribution in [0.15, 0.2) is 58.9 Å². The van der Waals surface area contributed by atoms with Gasteiger partial charge < -0.3 is 9.64 Å². The third kappa shape index (κ3) is 5.32. The summed E-state index contributed by atoms with van der Waals surface area (Å²) in [7, 11) is -3.75. The molecule has 2 aliphatic rings. The highest BCUT2D eigenvalue weighted by Gasteiger charge is 2.39. The Hall–Kier alpha value is -2.21. The van der Waals surface area contributed by atoms with Crippen LogP contribution in [0, 0.1) is 0 Å². The van der Waals surface area contributed by atoms with Gasteiger partial charge in [0.15, 0.2) is 5.13 Å². The maximum absolute atomic E-state index is 13.3. The monoisotopic (exact) mass is 552 g/mol. The fourth-order valence-corrected chi connectivity index (χ4v) is 6.76. The summed E-state index contributed by atoms with van der Waals surface area (Å²) < 4.78 is 33.6. The Labute approximate surface area is 217 Å². The molecular formula is C23H22Cl2N4O4S2. The summed E-state index contributed by atoms with van der Waals surface area (Å²) in [6.45, 7) is 2.25. The minimum atomic E-state index is -3.75. The molecule has 184 valence electrons. The van der Waals surface area contributed by atoms with Crippen molar-refractivity contribution in [2.24, 2.45) is 0 Å². The number of hydrogen-bond acceptors (Lipinski definition) is 7. The standard InChI is InChI=1S/C23H22Cl2N4O4S2/c24-16-11-15(12-17(25)13-16)21-14-28(8-9-33-21)20-5-7-29(22(20)30)18-1-3-19(4-2-18)35(31,32)27-23-26-6-10-34-23/h1-4,6,10-13,20-21H,5,7-9,14H2,(H,26,27)/t20-,21+/m0/s1. The molecule has 3 heterocycles. The highest BCUT2D eigenvalue weighted by atomic mass is 35.5. The number of morpholine rings is 1. The van der Waals surface area contributed by atoms with Gasteiger partial charge in [-0.05, 0) is 54.4 Å². The summed E-state index contributed by atoms with van der Waals surface area (Å²) in [6.07, 6.45) is 1.98. The molecule has 1 amide bonds. The number of carbonyl (C=O) groups excluding carboxylic acids is 1. The van der Waals surface area contributed by atoms with Crippen molar-refractivity contribution in [2.75, 3.05) is 35.9 Å². The second-order valence-corrected chi connectivity index (χ2v) is 11.7. The SMILES string of the molecule is O=C1[C@@H](N2CCO[C@@H](c3cc(Cl)cc(Cl)c3)C2)CCN1c1ccc(S(=O)(=O)Nc2nccs2)cc1. The first-order valence-electron chi connectivity index (χ1n) is 11.0. The zero-order chi connectivity index (χ0) is 24.6. The number of halogens is 2. The molecule has 35 heavy (non-hydrogen) atoms. The second-order valence-electron chi connectivity index (χ2n) is 8.29. The molecule has 1 aromatic heterocycles. The summed E-state index contributed by atoms with van der Waals surface area (Å²) in [5, 5.41) is 3.08. The van der Waals surface area contributed by atoms with Crippen molar-refractivity contribution < 1.29 is 17.9 Å². The molecule has 5 rings (SSSR count). The van der Waals surface area contributed by atoms with Gasteiger partial charge >= 0.3 is 0 Å². The van der Waals surface area contributed by atoms with Crippen LogP contribution in [0.25, 0.3) is 0 Å². The number of nitrogens with zero attached hydrogens (tertiary/aromatic N) is 3. The minimum Gasteiger partial charge on any atom is -0.371 e. The Morgan fingerprint density at radius 3 is 2.51 bits per heavy atom. The molecule has 1 N–H and O–H groups in total. The van der Waals surface area contributed by atoms with Crippen LogP contribution in [-0.2, 0) is 19.6 Å². The van der Waals surface area contributed by atoms with Crippen molar-refractivity contribution >= 4 is 61.3 Å². The van der Waals surface area contributed by atoms with Gasteiger partial charge in [0.1, 0.15) is 0 Å². The first kappa shape index (κ1) is 24.5. The van der Waals surface area contributed by atoms with E-state index in [4.69, 9.17) is 27.9 Å². The van der Waals surface area contributed by atoms with Crippen LogP contribution < -0.4 is 9.62 Å². The molecule has 2 aromatic carbocycles. The van der Waals surface area contributed by atoms with Gasteiger partial charge in [-0.1, -0.05) is 23.2 Å². The first-order chi connectivity index (χ1) is 16.8. The maximum atomic E-state index is 13.3. The molecule has 2 saturated heterocycles. The van der Waals surface area contributed by atoms with E-state index in [0.717, 1.165) is 5.56 Å². The Balaban J connectivity index is 1.27. The highest BCUT2D eigenvalue weighted by molar-refractivity contribution is 7.93. The Bertz CT molecular complexity index is 1300. The van der Waals surface area contributed by atoms with Crippen LogP contribution >= 0.6 is 34.5 Å². The number of thiazole rings is 1. The number of benzene rings is 2. The van der Waals surface area contributed by atoms with Crippen molar-refractivity contribution in [1.29, 1.82) is 0 Å². The van der Waals surface area contributed by atoms with E-state index in [9.17, 15) is 13.2 Å². The fraction of sp³-hybridized carbons (Fsp3) is 0.304. The predicted molar refractivity (Wildman–Crippen MR) is 137 cm³/mol. The lowest BCUT2D eigenvalue weighted by Crippen LogP contribution is -2.48. The molecule has 0 bridgehead atoms. The number of sulfonamides is 1. The lowest BCUT2D eigenvalue weighted by Gasteiger charge is -2.36. The quantitative estimate of drug-likeness (QED) is 0.486. The van der Waals surface area contributed by atoms with E-state index in [0.29, 0.717) is 53.5 Å². The van der Waals surface area contributed by atoms with Crippen molar-refractivity contribution in [3.8, 4) is 0 Å². The van der Waals surface area contributed by atoms with Crippen LogP contribution in [0.4, 0.5) is 10.8 Å². The molecule has 2 aliphatic heterocycles. The van der Waals surface area contributed by atoms with Gasteiger partial charge in [-0.3, -0.25) is 14.4 Å². The summed E-state index contributed by atoms with van der Waals surface area (Å²) in [5.74, 6) is -0.00806. The zero-order valence-corrected chi connectivity index (χ0v) is 21.6. The molecule has 0 saturated carbocycles. The average Bonchev–Trinajstić information content (AvgIpc) is 3.48. The number of ether oxygens (including phenoxy) is 1. The summed E-state index contributed by atoms with van der Waals surface area (Å²) in [4.78, 5) is 21.2. The number of carbonyl (C=O) groups is 1. The molecule has 0 unspecified atom stereocenters. The van der Waals surface area contributed by atoms with E-state index < -0.39 is 10.0 Å². The van der Waals surface area contributed by atoms with Gasteiger partial charge in [-0.15, -0.1) is 11.3 Å². The van der Waals surface area contributed by atoms with Crippen LogP contribution in [0.5, 0.6) is 0 Å². The molecule has 0 spiro atoms. The third-order valence-electron chi connectivity index (χ3n) is 6.09. The lowest BCUT2D eigenvalue weighted by atomic mass is 10.1. The van der Waals surface area contributed by atoms with E-state index in [1.54, 1.807) is 28.5 Å². The fourth-order valence-electron chi connectivity index (χ4n) is 4.43. The van der Waals surface area contributed by atoms with Gasteiger partial charge in [0.2, 0.25) is 5.91 Å². The number of aromatic nitrogens is 1. The van der Waals surface area contributed by atoms with Gasteiger partial charge in [-0.2, -0.15) is 0 Å². The molecule has 12 heteroatoms. The maximum Gasteiger partial charge on any atom is 0.263 e. The lowest BCUT2D eigenvalue weighted by molar-refractivity contribution is -0.125. The zero-order valence-electron chi connectivity index (χ0n) is 18.4. The smallest absolute Gasteiger partial charge is 0.263 e. The summed E-state index contributed by atoms with van der Waals surface area (Å²) in [5.41, 5.74) is 1.55. The van der Waals surface area contributed by atoms with E-state index >= 15 is 0 Å². The second kappa shape index (κ2) is 10.0. The number of anilines is 2. The number of nitrogens with one attached hydrogen (secondary N) is 1. The van der Waals surface area contributed by atoms with Gasteiger partial charge in [0.25, 0.3) is 10.0 Å². The Morgan fingerprint density at radius 1 is 1.09 bits per heavy atom. The van der Waals surface area contributed by atoms with Gasteiger partial charge in [0.05, 0.1) is 23.6 Å². The molecular weight excluding hydrogens is 531 g/mol. The predicted octanol–water partition coefficient (Wildman–Crippen LogP) is 4.43. The topological polar surface area (TPSA) is 91.8 Å². The molecule has 2 atom stereocenters.